The number of hydrogen-bond acceptors (Lipinski definition) is 4. The van der Waals surface area contributed by atoms with Crippen LogP contribution in [0.3, 0.4) is 0 Å². The Morgan fingerprint density at radius 1 is 1.21 bits per heavy atom. The second-order valence-corrected chi connectivity index (χ2v) is 3.53. The summed E-state index contributed by atoms with van der Waals surface area (Å²) in [5.74, 6) is -0.431. The summed E-state index contributed by atoms with van der Waals surface area (Å²) in [6, 6.07) is 4.21. The van der Waals surface area contributed by atoms with Crippen LogP contribution < -0.4 is 0 Å². The Morgan fingerprint density at radius 3 is 2.36 bits per heavy atom. The zero-order valence-corrected chi connectivity index (χ0v) is 7.36. The van der Waals surface area contributed by atoms with Gasteiger partial charge in [0.2, 0.25) is 0 Å². The van der Waals surface area contributed by atoms with Crippen molar-refractivity contribution < 1.29 is 15.3 Å². The summed E-state index contributed by atoms with van der Waals surface area (Å²) < 4.78 is 0. The van der Waals surface area contributed by atoms with Crippen LogP contribution in [0.5, 0.6) is 11.5 Å². The molecule has 4 nitrogen and oxygen atoms in total. The fraction of sp³-hybridized carbons (Fsp3) is 0.300. The molecule has 1 saturated carbocycles. The maximum absolute atomic E-state index is 9.74. The first kappa shape index (κ1) is 8.85. The molecule has 1 aliphatic carbocycles. The van der Waals surface area contributed by atoms with E-state index in [0.29, 0.717) is 18.4 Å². The van der Waals surface area contributed by atoms with Crippen LogP contribution in [0.2, 0.25) is 0 Å². The highest BCUT2D eigenvalue weighted by molar-refractivity contribution is 5.53. The standard InChI is InChI=1S/C10H9NO3/c11-5-6-3-7(10(14)1-2-10)9(13)4-8(6)12/h3-4,12-14H,1-2H2. The topological polar surface area (TPSA) is 84.5 Å². The van der Waals surface area contributed by atoms with E-state index in [-0.39, 0.29) is 17.1 Å². The SMILES string of the molecule is N#Cc1cc(C2(O)CC2)c(O)cc1O. The van der Waals surface area contributed by atoms with Gasteiger partial charge in [0.15, 0.2) is 0 Å². The van der Waals surface area contributed by atoms with E-state index in [1.165, 1.54) is 6.07 Å². The Bertz CT molecular complexity index is 430. The van der Waals surface area contributed by atoms with Crippen molar-refractivity contribution in [1.82, 2.24) is 0 Å². The molecule has 0 aromatic heterocycles. The highest BCUT2D eigenvalue weighted by Gasteiger charge is 2.44. The molecule has 14 heavy (non-hydrogen) atoms. The second-order valence-electron chi connectivity index (χ2n) is 3.53. The molecule has 0 saturated heterocycles. The molecule has 0 atom stereocenters. The smallest absolute Gasteiger partial charge is 0.137 e. The monoisotopic (exact) mass is 191 g/mol. The number of phenols is 2. The third kappa shape index (κ3) is 1.19. The van der Waals surface area contributed by atoms with Gasteiger partial charge in [-0.3, -0.25) is 0 Å². The minimum Gasteiger partial charge on any atom is -0.507 e. The number of hydrogen-bond donors (Lipinski definition) is 3. The van der Waals surface area contributed by atoms with Crippen LogP contribution in [0.1, 0.15) is 24.0 Å². The Labute approximate surface area is 80.7 Å². The average molecular weight is 191 g/mol. The van der Waals surface area contributed by atoms with Crippen LogP contribution in [0, 0.1) is 11.3 Å². The van der Waals surface area contributed by atoms with Gasteiger partial charge >= 0.3 is 0 Å². The first-order valence-electron chi connectivity index (χ1n) is 4.26. The van der Waals surface area contributed by atoms with E-state index in [1.807, 2.05) is 0 Å². The first-order valence-corrected chi connectivity index (χ1v) is 4.26. The molecule has 4 heteroatoms. The van der Waals surface area contributed by atoms with Crippen LogP contribution in [-0.4, -0.2) is 15.3 Å². The van der Waals surface area contributed by atoms with E-state index < -0.39 is 5.60 Å². The maximum Gasteiger partial charge on any atom is 0.137 e. The van der Waals surface area contributed by atoms with Gasteiger partial charge in [-0.15, -0.1) is 0 Å². The molecule has 72 valence electrons. The molecule has 0 radical (unpaired) electrons. The van der Waals surface area contributed by atoms with Crippen LogP contribution in [0.25, 0.3) is 0 Å². The zero-order chi connectivity index (χ0) is 10.3. The number of phenolic OH excluding ortho intramolecular Hbond substituents is 2. The van der Waals surface area contributed by atoms with E-state index in [2.05, 4.69) is 0 Å². The van der Waals surface area contributed by atoms with Crippen molar-refractivity contribution >= 4 is 0 Å². The van der Waals surface area contributed by atoms with Gasteiger partial charge in [-0.05, 0) is 18.9 Å². The van der Waals surface area contributed by atoms with E-state index in [1.54, 1.807) is 6.07 Å². The normalized spacial score (nSPS) is 17.4. The summed E-state index contributed by atoms with van der Waals surface area (Å²) in [5.41, 5.74) is -0.603. The third-order valence-corrected chi connectivity index (χ3v) is 2.46. The molecular formula is C10H9NO3. The van der Waals surface area contributed by atoms with Gasteiger partial charge in [-0.2, -0.15) is 5.26 Å². The van der Waals surface area contributed by atoms with Crippen molar-refractivity contribution in [2.24, 2.45) is 0 Å². The minimum atomic E-state index is -0.997. The Hall–Kier alpha value is -1.73. The van der Waals surface area contributed by atoms with Gasteiger partial charge in [0.25, 0.3) is 0 Å². The highest BCUT2D eigenvalue weighted by Crippen LogP contribution is 2.49. The van der Waals surface area contributed by atoms with Crippen molar-refractivity contribution in [3.05, 3.63) is 23.3 Å². The van der Waals surface area contributed by atoms with Crippen molar-refractivity contribution in [2.45, 2.75) is 18.4 Å². The lowest BCUT2D eigenvalue weighted by atomic mass is 10.0. The van der Waals surface area contributed by atoms with Gasteiger partial charge < -0.3 is 15.3 Å². The molecule has 0 bridgehead atoms. The fourth-order valence-electron chi connectivity index (χ4n) is 1.43. The van der Waals surface area contributed by atoms with Crippen molar-refractivity contribution in [2.75, 3.05) is 0 Å². The summed E-state index contributed by atoms with van der Waals surface area (Å²) in [7, 11) is 0. The van der Waals surface area contributed by atoms with Crippen molar-refractivity contribution in [3.63, 3.8) is 0 Å². The summed E-state index contributed by atoms with van der Waals surface area (Å²) >= 11 is 0. The van der Waals surface area contributed by atoms with Gasteiger partial charge in [0.1, 0.15) is 17.6 Å². The van der Waals surface area contributed by atoms with Crippen LogP contribution in [-0.2, 0) is 5.60 Å². The van der Waals surface area contributed by atoms with Crippen LogP contribution in [0.15, 0.2) is 12.1 Å². The van der Waals surface area contributed by atoms with Gasteiger partial charge in [-0.1, -0.05) is 0 Å². The molecule has 0 heterocycles. The molecule has 3 N–H and O–H groups in total. The molecule has 0 amide bonds. The van der Waals surface area contributed by atoms with Gasteiger partial charge in [0, 0.05) is 11.6 Å². The number of nitriles is 1. The van der Waals surface area contributed by atoms with E-state index in [4.69, 9.17) is 5.26 Å². The molecule has 0 unspecified atom stereocenters. The van der Waals surface area contributed by atoms with Crippen LogP contribution >= 0.6 is 0 Å². The predicted molar refractivity (Wildman–Crippen MR) is 47.6 cm³/mol. The molecule has 2 rings (SSSR count). The second kappa shape index (κ2) is 2.63. The van der Waals surface area contributed by atoms with Gasteiger partial charge in [0.05, 0.1) is 11.2 Å². The maximum atomic E-state index is 9.74. The molecule has 0 aliphatic heterocycles. The van der Waals surface area contributed by atoms with Crippen LogP contribution in [0.4, 0.5) is 0 Å². The largest absolute Gasteiger partial charge is 0.507 e. The van der Waals surface area contributed by atoms with Crippen molar-refractivity contribution in [3.8, 4) is 17.6 Å². The third-order valence-electron chi connectivity index (χ3n) is 2.46. The molecule has 1 aromatic rings. The summed E-state index contributed by atoms with van der Waals surface area (Å²) in [5, 5.41) is 37.1. The molecule has 1 aliphatic rings. The number of rotatable bonds is 1. The Morgan fingerprint density at radius 2 is 1.86 bits per heavy atom. The minimum absolute atomic E-state index is 0.0677. The zero-order valence-electron chi connectivity index (χ0n) is 7.36. The molecule has 1 fully saturated rings. The summed E-state index contributed by atoms with van der Waals surface area (Å²) in [4.78, 5) is 0. The Kier molecular flexibility index (Phi) is 1.66. The average Bonchev–Trinajstić information content (AvgIpc) is 2.85. The van der Waals surface area contributed by atoms with Gasteiger partial charge in [-0.25, -0.2) is 0 Å². The number of aromatic hydroxyl groups is 2. The predicted octanol–water partition coefficient (Wildman–Crippen LogP) is 0.951. The first-order chi connectivity index (χ1) is 6.57. The number of aliphatic hydroxyl groups is 1. The number of nitrogens with zero attached hydrogens (tertiary/aromatic N) is 1. The lowest BCUT2D eigenvalue weighted by Crippen LogP contribution is -2.04. The van der Waals surface area contributed by atoms with Crippen molar-refractivity contribution in [1.29, 1.82) is 5.26 Å². The molecule has 1 aromatic carbocycles. The highest BCUT2D eigenvalue weighted by atomic mass is 16.3. The van der Waals surface area contributed by atoms with E-state index >= 15 is 0 Å². The molecular weight excluding hydrogens is 182 g/mol. The summed E-state index contributed by atoms with van der Waals surface area (Å²) in [6.45, 7) is 0. The van der Waals surface area contributed by atoms with E-state index in [0.717, 1.165) is 6.07 Å². The Balaban J connectivity index is 2.57. The quantitative estimate of drug-likeness (QED) is 0.617. The number of benzene rings is 1. The molecule has 0 spiro atoms. The lowest BCUT2D eigenvalue weighted by Gasteiger charge is -2.11. The lowest BCUT2D eigenvalue weighted by molar-refractivity contribution is 0.147. The fourth-order valence-corrected chi connectivity index (χ4v) is 1.43. The summed E-state index contributed by atoms with van der Waals surface area (Å²) in [6.07, 6.45) is 1.16. The van der Waals surface area contributed by atoms with E-state index in [9.17, 15) is 15.3 Å².